The molecule has 1 aliphatic carbocycles. The van der Waals surface area contributed by atoms with Crippen LogP contribution in [0.15, 0.2) is 34.7 Å². The number of fused-ring (bicyclic) bond motifs is 1. The van der Waals surface area contributed by atoms with E-state index in [1.807, 2.05) is 6.26 Å². The Morgan fingerprint density at radius 3 is 2.39 bits per heavy atom. The zero-order valence-corrected chi connectivity index (χ0v) is 20.3. The molecule has 1 aromatic carbocycles. The van der Waals surface area contributed by atoms with Gasteiger partial charge < -0.3 is 10.2 Å². The number of benzene rings is 1. The number of amides is 1. The molecule has 13 heteroatoms. The van der Waals surface area contributed by atoms with Crippen molar-refractivity contribution in [3.05, 3.63) is 52.0 Å². The monoisotopic (exact) mass is 544 g/mol. The van der Waals surface area contributed by atoms with Crippen LogP contribution in [0.25, 0.3) is 10.6 Å². The van der Waals surface area contributed by atoms with E-state index in [1.165, 1.54) is 11.8 Å². The molecule has 1 saturated carbocycles. The molecule has 190 valence electrons. The van der Waals surface area contributed by atoms with Crippen molar-refractivity contribution in [2.24, 2.45) is 0 Å². The third kappa shape index (κ3) is 4.90. The van der Waals surface area contributed by atoms with Crippen molar-refractivity contribution in [1.29, 1.82) is 0 Å². The predicted molar refractivity (Wildman–Crippen MR) is 124 cm³/mol. The first-order valence-electron chi connectivity index (χ1n) is 10.8. The van der Waals surface area contributed by atoms with Gasteiger partial charge in [0.2, 0.25) is 5.95 Å². The molecule has 2 aliphatic rings. The second-order valence-electron chi connectivity index (χ2n) is 8.57. The van der Waals surface area contributed by atoms with E-state index >= 15 is 0 Å². The number of alkyl halides is 6. The van der Waals surface area contributed by atoms with Crippen LogP contribution in [0.4, 0.5) is 38.0 Å². The lowest BCUT2D eigenvalue weighted by Gasteiger charge is -2.16. The van der Waals surface area contributed by atoms with Gasteiger partial charge in [0, 0.05) is 35.2 Å². The topological polar surface area (TPSA) is 58.1 Å². The van der Waals surface area contributed by atoms with Crippen LogP contribution >= 0.6 is 23.1 Å². The Balaban J connectivity index is 1.50. The van der Waals surface area contributed by atoms with Crippen molar-refractivity contribution in [2.75, 3.05) is 11.6 Å². The molecule has 1 aliphatic heterocycles. The highest BCUT2D eigenvalue weighted by Gasteiger charge is 2.44. The molecule has 0 atom stereocenters. The minimum Gasteiger partial charge on any atom is -0.326 e. The number of aromatic nitrogens is 2. The average Bonchev–Trinajstić information content (AvgIpc) is 3.38. The Bertz CT molecular complexity index is 1330. The number of carbonyl (C=O) groups is 1. The summed E-state index contributed by atoms with van der Waals surface area (Å²) in [5, 5.41) is 4.74. The number of thiophene rings is 1. The maximum absolute atomic E-state index is 13.7. The molecule has 0 unspecified atom stereocenters. The largest absolute Gasteiger partial charge is 0.471 e. The number of nitrogens with one attached hydrogen (secondary N) is 1. The third-order valence-corrected chi connectivity index (χ3v) is 7.82. The summed E-state index contributed by atoms with van der Waals surface area (Å²) in [6.45, 7) is -0.357. The van der Waals surface area contributed by atoms with Crippen LogP contribution in [0, 0.1) is 0 Å². The van der Waals surface area contributed by atoms with Gasteiger partial charge in [-0.3, -0.25) is 4.79 Å². The highest BCUT2D eigenvalue weighted by molar-refractivity contribution is 7.98. The molecule has 0 bridgehead atoms. The number of carbonyl (C=O) groups excluding carboxylic acids is 1. The number of anilines is 2. The fourth-order valence-electron chi connectivity index (χ4n) is 4.14. The van der Waals surface area contributed by atoms with Crippen LogP contribution in [-0.2, 0) is 24.1 Å². The van der Waals surface area contributed by atoms with Crippen molar-refractivity contribution < 1.29 is 31.1 Å². The Morgan fingerprint density at radius 1 is 1.11 bits per heavy atom. The smallest absolute Gasteiger partial charge is 0.326 e. The molecule has 0 saturated heterocycles. The zero-order valence-electron chi connectivity index (χ0n) is 18.6. The summed E-state index contributed by atoms with van der Waals surface area (Å²) in [5.74, 6) is -1.79. The highest BCUT2D eigenvalue weighted by Crippen LogP contribution is 2.46. The van der Waals surface area contributed by atoms with Crippen LogP contribution in [-0.4, -0.2) is 33.2 Å². The quantitative estimate of drug-likeness (QED) is 0.278. The molecule has 1 N–H and O–H groups in total. The molecule has 0 spiro atoms. The van der Waals surface area contributed by atoms with Gasteiger partial charge in [-0.15, -0.1) is 23.1 Å². The average molecular weight is 545 g/mol. The van der Waals surface area contributed by atoms with E-state index in [-0.39, 0.29) is 30.6 Å². The second-order valence-corrected chi connectivity index (χ2v) is 10.4. The van der Waals surface area contributed by atoms with Crippen LogP contribution in [0.2, 0.25) is 0 Å². The van der Waals surface area contributed by atoms with Crippen LogP contribution < -0.4 is 5.32 Å². The number of hydrogen-bond acceptors (Lipinski definition) is 6. The maximum atomic E-state index is 13.7. The van der Waals surface area contributed by atoms with Crippen LogP contribution in [0.1, 0.15) is 41.0 Å². The van der Waals surface area contributed by atoms with Gasteiger partial charge >= 0.3 is 18.3 Å². The van der Waals surface area contributed by atoms with Gasteiger partial charge in [0.15, 0.2) is 0 Å². The van der Waals surface area contributed by atoms with E-state index in [4.69, 9.17) is 0 Å². The summed E-state index contributed by atoms with van der Waals surface area (Å²) in [7, 11) is 0. The Morgan fingerprint density at radius 2 is 1.81 bits per heavy atom. The lowest BCUT2D eigenvalue weighted by molar-refractivity contribution is -0.186. The van der Waals surface area contributed by atoms with Crippen molar-refractivity contribution in [2.45, 2.75) is 49.1 Å². The minimum atomic E-state index is -4.97. The molecule has 0 radical (unpaired) electrons. The lowest BCUT2D eigenvalue weighted by atomic mass is 10.0. The van der Waals surface area contributed by atoms with Gasteiger partial charge in [-0.1, -0.05) is 6.07 Å². The number of thioether (sulfide) groups is 1. The third-order valence-electron chi connectivity index (χ3n) is 6.03. The Kier molecular flexibility index (Phi) is 6.18. The summed E-state index contributed by atoms with van der Waals surface area (Å²) < 4.78 is 79.8. The lowest BCUT2D eigenvalue weighted by Crippen LogP contribution is -2.37. The van der Waals surface area contributed by atoms with Gasteiger partial charge in [0.05, 0.1) is 10.6 Å². The van der Waals surface area contributed by atoms with E-state index in [0.717, 1.165) is 45.7 Å². The summed E-state index contributed by atoms with van der Waals surface area (Å²) in [6, 6.07) is 5.05. The second kappa shape index (κ2) is 8.94. The standard InChI is InChI=1S/C23H18F6N4OS2/c1-35-14-6-18(36-10-14)19-16(22(24,25)26)7-30-21(32-19)31-17-5-13-9-33(20(34)23(27,28)29)8-12(13)4-15(17)11-2-3-11/h4-7,10-11H,2-3,8-9H2,1H3,(H,30,31,32). The molecule has 3 heterocycles. The van der Waals surface area contributed by atoms with Crippen molar-refractivity contribution in [1.82, 2.24) is 14.9 Å². The highest BCUT2D eigenvalue weighted by atomic mass is 32.2. The van der Waals surface area contributed by atoms with Crippen molar-refractivity contribution in [3.8, 4) is 10.6 Å². The van der Waals surface area contributed by atoms with Crippen molar-refractivity contribution >= 4 is 40.6 Å². The molecular weight excluding hydrogens is 526 g/mol. The maximum Gasteiger partial charge on any atom is 0.471 e. The van der Waals surface area contributed by atoms with Gasteiger partial charge in [-0.25, -0.2) is 9.97 Å². The normalized spacial score (nSPS) is 15.8. The van der Waals surface area contributed by atoms with E-state index in [1.54, 1.807) is 23.6 Å². The van der Waals surface area contributed by atoms with Crippen molar-refractivity contribution in [3.63, 3.8) is 0 Å². The molecule has 3 aromatic rings. The minimum absolute atomic E-state index is 0.0554. The number of rotatable bonds is 5. The van der Waals surface area contributed by atoms with E-state index < -0.39 is 23.8 Å². The summed E-state index contributed by atoms with van der Waals surface area (Å²) >= 11 is 2.55. The molecule has 1 amide bonds. The molecular formula is C23H18F6N4OS2. The van der Waals surface area contributed by atoms with E-state index in [2.05, 4.69) is 15.3 Å². The first kappa shape index (κ1) is 24.9. The summed E-state index contributed by atoms with van der Waals surface area (Å²) in [4.78, 5) is 21.7. The number of halogens is 6. The molecule has 36 heavy (non-hydrogen) atoms. The first-order chi connectivity index (χ1) is 16.9. The number of hydrogen-bond donors (Lipinski definition) is 1. The SMILES string of the molecule is CSc1csc(-c2nc(Nc3cc4c(cc3C3CC3)CN(C(=O)C(F)(F)F)C4)ncc2C(F)(F)F)c1. The predicted octanol–water partition coefficient (Wildman–Crippen LogP) is 6.97. The van der Waals surface area contributed by atoms with Gasteiger partial charge in [-0.2, -0.15) is 26.3 Å². The summed E-state index contributed by atoms with van der Waals surface area (Å²) in [5.41, 5.74) is 1.29. The molecule has 1 fully saturated rings. The van der Waals surface area contributed by atoms with Gasteiger partial charge in [0.1, 0.15) is 5.56 Å². The fourth-order valence-corrected chi connectivity index (χ4v) is 5.75. The van der Waals surface area contributed by atoms with Gasteiger partial charge in [-0.05, 0) is 53.8 Å². The Labute approximate surface area is 209 Å². The Hall–Kier alpha value is -2.80. The zero-order chi connectivity index (χ0) is 25.8. The molecule has 5 nitrogen and oxygen atoms in total. The number of nitrogens with zero attached hydrogens (tertiary/aromatic N) is 3. The van der Waals surface area contributed by atoms with Gasteiger partial charge in [0.25, 0.3) is 0 Å². The van der Waals surface area contributed by atoms with Crippen LogP contribution in [0.3, 0.4) is 0 Å². The van der Waals surface area contributed by atoms with E-state index in [0.29, 0.717) is 21.7 Å². The molecule has 2 aromatic heterocycles. The fraction of sp³-hybridized carbons (Fsp3) is 0.348. The molecule has 5 rings (SSSR count). The van der Waals surface area contributed by atoms with Crippen LogP contribution in [0.5, 0.6) is 0 Å². The van der Waals surface area contributed by atoms with E-state index in [9.17, 15) is 31.1 Å². The first-order valence-corrected chi connectivity index (χ1v) is 12.9. The summed E-state index contributed by atoms with van der Waals surface area (Å²) in [6.07, 6.45) is -5.31.